The molecule has 3 aromatic rings. The van der Waals surface area contributed by atoms with E-state index in [1.807, 2.05) is 42.5 Å². The molecule has 0 aromatic heterocycles. The Bertz CT molecular complexity index is 958. The second-order valence-corrected chi connectivity index (χ2v) is 10.4. The summed E-state index contributed by atoms with van der Waals surface area (Å²) in [6.45, 7) is 0. The summed E-state index contributed by atoms with van der Waals surface area (Å²) in [4.78, 5) is 4.58. The van der Waals surface area contributed by atoms with Crippen LogP contribution in [-0.4, -0.2) is 11.3 Å². The molecule has 0 spiro atoms. The molecule has 0 radical (unpaired) electrons. The van der Waals surface area contributed by atoms with Gasteiger partial charge in [-0.15, -0.1) is 0 Å². The fraction of sp³-hybridized carbons (Fsp3) is 0.269. The van der Waals surface area contributed by atoms with Crippen molar-refractivity contribution in [3.63, 3.8) is 0 Å². The van der Waals surface area contributed by atoms with E-state index in [0.29, 0.717) is 11.7 Å². The van der Waals surface area contributed by atoms with Gasteiger partial charge in [-0.3, -0.25) is 4.99 Å². The third-order valence-electron chi connectivity index (χ3n) is 5.67. The van der Waals surface area contributed by atoms with Crippen molar-refractivity contribution in [3.8, 4) is 16.9 Å². The van der Waals surface area contributed by atoms with Gasteiger partial charge < -0.3 is 5.11 Å². The number of nitrogens with zero attached hydrogens (tertiary/aromatic N) is 1. The standard InChI is InChI=1S/C26H27NO.2ClH.Ti/c28-26-23(16-20-10-4-1-5-11-20)17-22(21-12-6-2-7-13-21)18-24(26)19-27-25-14-8-3-9-15-25;;;/h2-3,6-9,12-15,17-20,28H,1,4-5,10-11,16H2;2*1H;/q;;;+2/p-2. The first-order valence-corrected chi connectivity index (χ1v) is 15.0. The molecule has 1 saturated carbocycles. The van der Waals surface area contributed by atoms with Crippen LogP contribution in [0.5, 0.6) is 5.75 Å². The van der Waals surface area contributed by atoms with Crippen LogP contribution >= 0.6 is 18.6 Å². The molecule has 3 aromatic carbocycles. The van der Waals surface area contributed by atoms with Gasteiger partial charge >= 0.3 is 35.6 Å². The minimum atomic E-state index is -0.556. The first-order chi connectivity index (χ1) is 15.2. The van der Waals surface area contributed by atoms with Gasteiger partial charge in [-0.05, 0) is 53.3 Å². The van der Waals surface area contributed by atoms with Gasteiger partial charge in [0.2, 0.25) is 0 Å². The Morgan fingerprint density at radius 1 is 0.871 bits per heavy atom. The predicted molar refractivity (Wildman–Crippen MR) is 129 cm³/mol. The van der Waals surface area contributed by atoms with Crippen LogP contribution in [0.1, 0.15) is 43.2 Å². The number of hydrogen-bond acceptors (Lipinski definition) is 2. The van der Waals surface area contributed by atoms with Crippen molar-refractivity contribution in [3.05, 3.63) is 83.9 Å². The van der Waals surface area contributed by atoms with Gasteiger partial charge in [0.25, 0.3) is 0 Å². The zero-order valence-electron chi connectivity index (χ0n) is 17.5. The Hall–Kier alpha value is -1.58. The number of aliphatic imine (C=N–C) groups is 1. The Morgan fingerprint density at radius 2 is 1.48 bits per heavy atom. The van der Waals surface area contributed by atoms with Crippen molar-refractivity contribution in [2.75, 3.05) is 0 Å². The van der Waals surface area contributed by atoms with Crippen LogP contribution in [0.2, 0.25) is 0 Å². The predicted octanol–water partition coefficient (Wildman–Crippen LogP) is 8.31. The Labute approximate surface area is 202 Å². The molecule has 5 heteroatoms. The molecule has 160 valence electrons. The van der Waals surface area contributed by atoms with Crippen LogP contribution in [0, 0.1) is 5.92 Å². The van der Waals surface area contributed by atoms with Crippen molar-refractivity contribution >= 4 is 30.5 Å². The molecule has 0 aliphatic heterocycles. The summed E-state index contributed by atoms with van der Waals surface area (Å²) in [7, 11) is 9.78. The van der Waals surface area contributed by atoms with Crippen molar-refractivity contribution in [1.29, 1.82) is 0 Å². The second kappa shape index (κ2) is 13.1. The van der Waals surface area contributed by atoms with Crippen LogP contribution in [0.25, 0.3) is 11.1 Å². The fourth-order valence-electron chi connectivity index (χ4n) is 4.13. The molecule has 4 rings (SSSR count). The summed E-state index contributed by atoms with van der Waals surface area (Å²) < 4.78 is 0. The van der Waals surface area contributed by atoms with Crippen molar-refractivity contribution in [1.82, 2.24) is 0 Å². The number of halogens is 2. The Balaban J connectivity index is 0.000000858. The summed E-state index contributed by atoms with van der Waals surface area (Å²) in [5, 5.41) is 11.0. The van der Waals surface area contributed by atoms with Gasteiger partial charge in [0.1, 0.15) is 5.75 Å². The van der Waals surface area contributed by atoms with Gasteiger partial charge in [-0.25, -0.2) is 0 Å². The first-order valence-electron chi connectivity index (χ1n) is 10.7. The van der Waals surface area contributed by atoms with Gasteiger partial charge in [0.15, 0.2) is 0 Å². The van der Waals surface area contributed by atoms with Gasteiger partial charge in [-0.1, -0.05) is 80.6 Å². The summed E-state index contributed by atoms with van der Waals surface area (Å²) in [5.74, 6) is 1.05. The fourth-order valence-corrected chi connectivity index (χ4v) is 4.13. The molecule has 0 atom stereocenters. The van der Waals surface area contributed by atoms with E-state index in [9.17, 15) is 5.11 Å². The number of rotatable bonds is 5. The topological polar surface area (TPSA) is 32.6 Å². The number of para-hydroxylation sites is 1. The second-order valence-electron chi connectivity index (χ2n) is 7.81. The summed E-state index contributed by atoms with van der Waals surface area (Å²) >= 11 is -0.556. The van der Waals surface area contributed by atoms with E-state index in [1.165, 1.54) is 37.7 Å². The number of benzene rings is 3. The van der Waals surface area contributed by atoms with E-state index in [1.54, 1.807) is 6.21 Å². The minimum absolute atomic E-state index is 0.380. The van der Waals surface area contributed by atoms with E-state index in [2.05, 4.69) is 35.3 Å². The maximum atomic E-state index is 11.0. The summed E-state index contributed by atoms with van der Waals surface area (Å²) in [6.07, 6.45) is 9.24. The van der Waals surface area contributed by atoms with E-state index in [4.69, 9.17) is 18.6 Å². The molecular weight excluding hydrogens is 461 g/mol. The quantitative estimate of drug-likeness (QED) is 0.284. The van der Waals surface area contributed by atoms with Gasteiger partial charge in [-0.2, -0.15) is 0 Å². The monoisotopic (exact) mass is 487 g/mol. The third kappa shape index (κ3) is 7.51. The van der Waals surface area contributed by atoms with E-state index in [-0.39, 0.29) is 0 Å². The molecule has 2 nitrogen and oxygen atoms in total. The molecule has 1 aliphatic carbocycles. The maximum absolute atomic E-state index is 11.0. The zero-order chi connectivity index (χ0) is 21.9. The SMILES string of the molecule is Oc1c(C=Nc2ccccc2)cc(-c2ccccc2)cc1CC1CCCCC1.[Cl][Ti][Cl]. The van der Waals surface area contributed by atoms with Crippen LogP contribution in [0.15, 0.2) is 77.8 Å². The first kappa shape index (κ1) is 24.1. The number of hydrogen-bond donors (Lipinski definition) is 1. The summed E-state index contributed by atoms with van der Waals surface area (Å²) in [5.41, 5.74) is 5.03. The number of aromatic hydroxyl groups is 1. The normalized spacial score (nSPS) is 14.1. The third-order valence-corrected chi connectivity index (χ3v) is 5.67. The summed E-state index contributed by atoms with van der Waals surface area (Å²) in [6, 6.07) is 24.5. The molecule has 0 amide bonds. The van der Waals surface area contributed by atoms with Crippen molar-refractivity contribution in [2.24, 2.45) is 10.9 Å². The van der Waals surface area contributed by atoms with Gasteiger partial charge in [0.05, 0.1) is 5.69 Å². The van der Waals surface area contributed by atoms with Crippen molar-refractivity contribution < 1.29 is 22.1 Å². The van der Waals surface area contributed by atoms with Gasteiger partial charge in [0, 0.05) is 11.8 Å². The van der Waals surface area contributed by atoms with Crippen LogP contribution in [-0.2, 0) is 23.5 Å². The van der Waals surface area contributed by atoms with E-state index < -0.39 is 17.0 Å². The van der Waals surface area contributed by atoms with E-state index >= 15 is 0 Å². The molecule has 0 saturated heterocycles. The molecule has 0 heterocycles. The molecule has 1 N–H and O–H groups in total. The Kier molecular flexibility index (Phi) is 10.2. The molecule has 1 aliphatic rings. The molecule has 31 heavy (non-hydrogen) atoms. The zero-order valence-corrected chi connectivity index (χ0v) is 20.5. The van der Waals surface area contributed by atoms with Crippen LogP contribution in [0.4, 0.5) is 5.69 Å². The van der Waals surface area contributed by atoms with Crippen LogP contribution < -0.4 is 0 Å². The average molecular weight is 488 g/mol. The number of phenolic OH excluding ortho intramolecular Hbond substituents is 1. The molecule has 1 fully saturated rings. The Morgan fingerprint density at radius 3 is 2.13 bits per heavy atom. The molecule has 0 unspecified atom stereocenters. The average Bonchev–Trinajstić information content (AvgIpc) is 2.82. The number of phenols is 1. The van der Waals surface area contributed by atoms with Crippen LogP contribution in [0.3, 0.4) is 0 Å². The van der Waals surface area contributed by atoms with Crippen molar-refractivity contribution in [2.45, 2.75) is 38.5 Å². The molecular formula is C26H27Cl2NOTi. The molecule has 0 bridgehead atoms. The van der Waals surface area contributed by atoms with E-state index in [0.717, 1.165) is 28.8 Å².